The minimum absolute atomic E-state index is 0.259. The number of carbonyl (C=O) groups is 1. The molecule has 1 aromatic carbocycles. The first-order chi connectivity index (χ1) is 6.59. The predicted molar refractivity (Wildman–Crippen MR) is 54.1 cm³/mol. The van der Waals surface area contributed by atoms with E-state index < -0.39 is 13.0 Å². The molecule has 1 rings (SSSR count). The fourth-order valence-corrected chi connectivity index (χ4v) is 1.08. The fraction of sp³-hybridized carbons (Fsp3) is 0.222. The number of carboxylic acids is 1. The highest BCUT2D eigenvalue weighted by atomic mass is 16.4. The Bertz CT molecular complexity index is 328. The van der Waals surface area contributed by atoms with E-state index in [2.05, 4.69) is 5.23 Å². The second-order valence-electron chi connectivity index (χ2n) is 3.06. The van der Waals surface area contributed by atoms with Gasteiger partial charge < -0.3 is 15.4 Å². The molecule has 4 nitrogen and oxygen atoms in total. The average molecular weight is 193 g/mol. The molecule has 1 aromatic rings. The monoisotopic (exact) mass is 193 g/mol. The molecular weight excluding hydrogens is 181 g/mol. The molecule has 0 spiro atoms. The predicted octanol–water partition coefficient (Wildman–Crippen LogP) is 0.585. The average Bonchev–Trinajstić information content (AvgIpc) is 2.15. The summed E-state index contributed by atoms with van der Waals surface area (Å²) in [5.41, 5.74) is 1.10. The highest BCUT2D eigenvalue weighted by Gasteiger charge is 2.04. The van der Waals surface area contributed by atoms with E-state index in [1.807, 2.05) is 6.07 Å². The SMILES string of the molecule is CB(O)NCc1cccc(C(=O)O)c1. The molecule has 0 unspecified atom stereocenters. The number of aromatic carboxylic acids is 1. The molecule has 0 aliphatic heterocycles. The topological polar surface area (TPSA) is 69.6 Å². The Hall–Kier alpha value is -1.33. The summed E-state index contributed by atoms with van der Waals surface area (Å²) < 4.78 is 0. The van der Waals surface area contributed by atoms with Crippen LogP contribution >= 0.6 is 0 Å². The minimum atomic E-state index is -0.941. The number of hydrogen-bond donors (Lipinski definition) is 3. The first kappa shape index (κ1) is 10.8. The zero-order valence-electron chi connectivity index (χ0n) is 7.90. The summed E-state index contributed by atoms with van der Waals surface area (Å²) in [4.78, 5) is 10.6. The van der Waals surface area contributed by atoms with E-state index in [-0.39, 0.29) is 5.56 Å². The fourth-order valence-electron chi connectivity index (χ4n) is 1.08. The Morgan fingerprint density at radius 3 is 2.86 bits per heavy atom. The van der Waals surface area contributed by atoms with Crippen LogP contribution in [0.4, 0.5) is 0 Å². The van der Waals surface area contributed by atoms with Crippen molar-refractivity contribution in [1.29, 1.82) is 0 Å². The molecule has 0 radical (unpaired) electrons. The lowest BCUT2D eigenvalue weighted by molar-refractivity contribution is 0.0697. The molecule has 0 amide bonds. The Morgan fingerprint density at radius 2 is 2.29 bits per heavy atom. The highest BCUT2D eigenvalue weighted by Crippen LogP contribution is 2.04. The van der Waals surface area contributed by atoms with Crippen molar-refractivity contribution in [2.75, 3.05) is 0 Å². The summed E-state index contributed by atoms with van der Waals surface area (Å²) in [5, 5.41) is 20.5. The summed E-state index contributed by atoms with van der Waals surface area (Å²) in [6.45, 7) is 2.07. The molecule has 0 aliphatic carbocycles. The Balaban J connectivity index is 2.69. The summed E-state index contributed by atoms with van der Waals surface area (Å²) >= 11 is 0. The number of carboxylic acid groups (broad SMARTS) is 1. The molecular formula is C9H12BNO3. The van der Waals surface area contributed by atoms with Gasteiger partial charge in [0.1, 0.15) is 0 Å². The van der Waals surface area contributed by atoms with Gasteiger partial charge in [-0.1, -0.05) is 12.1 Å². The normalized spacial score (nSPS) is 9.86. The third-order valence-corrected chi connectivity index (χ3v) is 1.78. The highest BCUT2D eigenvalue weighted by molar-refractivity contribution is 6.45. The first-order valence-electron chi connectivity index (χ1n) is 4.33. The van der Waals surface area contributed by atoms with Gasteiger partial charge in [-0.2, -0.15) is 0 Å². The van der Waals surface area contributed by atoms with Crippen LogP contribution in [0.5, 0.6) is 0 Å². The summed E-state index contributed by atoms with van der Waals surface area (Å²) in [6.07, 6.45) is 0. The van der Waals surface area contributed by atoms with E-state index in [0.29, 0.717) is 6.54 Å². The molecule has 0 heterocycles. The van der Waals surface area contributed by atoms with E-state index in [1.165, 1.54) is 6.07 Å². The van der Waals surface area contributed by atoms with Gasteiger partial charge in [0.05, 0.1) is 5.56 Å². The van der Waals surface area contributed by atoms with Gasteiger partial charge >= 0.3 is 13.0 Å². The Morgan fingerprint density at radius 1 is 1.57 bits per heavy atom. The van der Waals surface area contributed by atoms with E-state index in [4.69, 9.17) is 10.1 Å². The number of benzene rings is 1. The molecule has 0 saturated carbocycles. The van der Waals surface area contributed by atoms with Crippen molar-refractivity contribution in [3.63, 3.8) is 0 Å². The maximum atomic E-state index is 10.6. The molecule has 74 valence electrons. The zero-order valence-corrected chi connectivity index (χ0v) is 7.90. The molecule has 14 heavy (non-hydrogen) atoms. The van der Waals surface area contributed by atoms with Crippen molar-refractivity contribution in [2.24, 2.45) is 0 Å². The van der Waals surface area contributed by atoms with Crippen LogP contribution in [-0.2, 0) is 6.54 Å². The van der Waals surface area contributed by atoms with Crippen LogP contribution < -0.4 is 5.23 Å². The van der Waals surface area contributed by atoms with E-state index in [9.17, 15) is 4.79 Å². The van der Waals surface area contributed by atoms with Crippen molar-refractivity contribution in [3.8, 4) is 0 Å². The third-order valence-electron chi connectivity index (χ3n) is 1.78. The van der Waals surface area contributed by atoms with Gasteiger partial charge in [-0.25, -0.2) is 4.79 Å². The van der Waals surface area contributed by atoms with Crippen LogP contribution in [0.15, 0.2) is 24.3 Å². The number of nitrogens with one attached hydrogen (secondary N) is 1. The van der Waals surface area contributed by atoms with Gasteiger partial charge in [-0.15, -0.1) is 0 Å². The van der Waals surface area contributed by atoms with Crippen molar-refractivity contribution in [2.45, 2.75) is 13.4 Å². The van der Waals surface area contributed by atoms with Gasteiger partial charge in [-0.3, -0.25) is 0 Å². The van der Waals surface area contributed by atoms with E-state index >= 15 is 0 Å². The summed E-state index contributed by atoms with van der Waals surface area (Å²) in [6, 6.07) is 6.61. The molecule has 3 N–H and O–H groups in total. The maximum Gasteiger partial charge on any atom is 0.373 e. The quantitative estimate of drug-likeness (QED) is 0.612. The van der Waals surface area contributed by atoms with E-state index in [0.717, 1.165) is 5.56 Å². The van der Waals surface area contributed by atoms with Crippen molar-refractivity contribution < 1.29 is 14.9 Å². The minimum Gasteiger partial charge on any atom is -0.478 e. The van der Waals surface area contributed by atoms with Crippen molar-refractivity contribution in [3.05, 3.63) is 35.4 Å². The lowest BCUT2D eigenvalue weighted by atomic mass is 9.88. The second kappa shape index (κ2) is 4.78. The van der Waals surface area contributed by atoms with E-state index in [1.54, 1.807) is 19.0 Å². The van der Waals surface area contributed by atoms with Gasteiger partial charge in [0.15, 0.2) is 0 Å². The van der Waals surface area contributed by atoms with Gasteiger partial charge in [0.2, 0.25) is 0 Å². The van der Waals surface area contributed by atoms with Crippen LogP contribution in [0.25, 0.3) is 0 Å². The molecule has 0 fully saturated rings. The standard InChI is InChI=1S/C9H12BNO3/c1-10(14)11-6-7-3-2-4-8(5-7)9(12)13/h2-5,11,14H,6H2,1H3,(H,12,13). The molecule has 0 saturated heterocycles. The van der Waals surface area contributed by atoms with Crippen LogP contribution in [0.2, 0.25) is 6.82 Å². The Labute approximate surface area is 82.7 Å². The second-order valence-corrected chi connectivity index (χ2v) is 3.06. The first-order valence-corrected chi connectivity index (χ1v) is 4.33. The summed E-state index contributed by atoms with van der Waals surface area (Å²) in [5.74, 6) is -0.941. The van der Waals surface area contributed by atoms with Crippen LogP contribution in [0.1, 0.15) is 15.9 Å². The van der Waals surface area contributed by atoms with Gasteiger partial charge in [0, 0.05) is 6.54 Å². The maximum absolute atomic E-state index is 10.6. The lowest BCUT2D eigenvalue weighted by Crippen LogP contribution is -2.29. The molecule has 0 aliphatic rings. The van der Waals surface area contributed by atoms with Gasteiger partial charge in [0.25, 0.3) is 0 Å². The summed E-state index contributed by atoms with van der Waals surface area (Å²) in [7, 11) is -0.594. The third kappa shape index (κ3) is 3.20. The number of rotatable bonds is 4. The molecule has 0 aromatic heterocycles. The van der Waals surface area contributed by atoms with Gasteiger partial charge in [-0.05, 0) is 24.5 Å². The smallest absolute Gasteiger partial charge is 0.373 e. The van der Waals surface area contributed by atoms with Crippen molar-refractivity contribution in [1.82, 2.24) is 5.23 Å². The lowest BCUT2D eigenvalue weighted by Gasteiger charge is -2.04. The molecule has 0 atom stereocenters. The van der Waals surface area contributed by atoms with Crippen LogP contribution in [0.3, 0.4) is 0 Å². The molecule has 0 bridgehead atoms. The van der Waals surface area contributed by atoms with Crippen molar-refractivity contribution >= 4 is 13.0 Å². The molecule has 5 heteroatoms. The Kier molecular flexibility index (Phi) is 3.68. The largest absolute Gasteiger partial charge is 0.478 e. The van der Waals surface area contributed by atoms with Crippen LogP contribution in [-0.4, -0.2) is 23.2 Å². The number of hydrogen-bond acceptors (Lipinski definition) is 3. The zero-order chi connectivity index (χ0) is 10.6. The van der Waals surface area contributed by atoms with Crippen LogP contribution in [0, 0.1) is 0 Å².